The summed E-state index contributed by atoms with van der Waals surface area (Å²) in [5, 5.41) is 34.6. The maximum atomic E-state index is 10.4. The Morgan fingerprint density at radius 2 is 0.960 bits per heavy atom. The molecular formula is C45H25N5. The summed E-state index contributed by atoms with van der Waals surface area (Å²) in [7, 11) is 0. The molecule has 0 amide bonds. The quantitative estimate of drug-likeness (QED) is 0.193. The molecule has 0 aliphatic carbocycles. The monoisotopic (exact) mass is 635 g/mol. The molecule has 50 heavy (non-hydrogen) atoms. The van der Waals surface area contributed by atoms with Gasteiger partial charge in [0, 0.05) is 32.8 Å². The summed E-state index contributed by atoms with van der Waals surface area (Å²) in [6.07, 6.45) is 0. The summed E-state index contributed by atoms with van der Waals surface area (Å²) in [4.78, 5) is 0. The van der Waals surface area contributed by atoms with Crippen LogP contribution in [0.2, 0.25) is 0 Å². The van der Waals surface area contributed by atoms with E-state index in [1.165, 1.54) is 10.8 Å². The second kappa shape index (κ2) is 11.4. The van der Waals surface area contributed by atoms with Crippen LogP contribution in [0.15, 0.2) is 152 Å². The van der Waals surface area contributed by atoms with Crippen LogP contribution in [0.5, 0.6) is 0 Å². The van der Waals surface area contributed by atoms with E-state index in [0.717, 1.165) is 66.5 Å². The molecule has 0 spiro atoms. The van der Waals surface area contributed by atoms with Crippen LogP contribution in [0.3, 0.4) is 0 Å². The standard InChI is InChI=1S/C45H25N5/c46-26-29-16-21-44-40(24-29)39-11-3-6-15-43(39)50(44)45-32(28-48)8-7-12-36(45)34-23-30(27-47)22-33(25-34)31-17-19-35(20-18-31)49-41-13-4-1-9-37(41)38-10-2-5-14-42(38)49/h1-25H. The van der Waals surface area contributed by atoms with Crippen LogP contribution in [0.4, 0.5) is 0 Å². The first-order chi connectivity index (χ1) is 24.7. The van der Waals surface area contributed by atoms with E-state index in [2.05, 4.69) is 106 Å². The van der Waals surface area contributed by atoms with E-state index in [9.17, 15) is 15.8 Å². The van der Waals surface area contributed by atoms with E-state index in [0.29, 0.717) is 16.7 Å². The molecular weight excluding hydrogens is 611 g/mol. The van der Waals surface area contributed by atoms with Crippen LogP contribution in [0.1, 0.15) is 16.7 Å². The third kappa shape index (κ3) is 4.38. The van der Waals surface area contributed by atoms with Gasteiger partial charge in [0.2, 0.25) is 0 Å². The van der Waals surface area contributed by atoms with E-state index < -0.39 is 0 Å². The van der Waals surface area contributed by atoms with Gasteiger partial charge in [-0.1, -0.05) is 78.9 Å². The van der Waals surface area contributed by atoms with Crippen LogP contribution in [-0.4, -0.2) is 9.13 Å². The van der Waals surface area contributed by atoms with Gasteiger partial charge in [0.15, 0.2) is 0 Å². The summed E-state index contributed by atoms with van der Waals surface area (Å²) in [5.74, 6) is 0. The molecule has 230 valence electrons. The third-order valence-corrected chi connectivity index (χ3v) is 9.59. The van der Waals surface area contributed by atoms with Gasteiger partial charge in [-0.3, -0.25) is 0 Å². The second-order valence-electron chi connectivity index (χ2n) is 12.3. The predicted molar refractivity (Wildman–Crippen MR) is 200 cm³/mol. The molecule has 0 aliphatic heterocycles. The molecule has 0 N–H and O–H groups in total. The molecule has 5 heteroatoms. The highest BCUT2D eigenvalue weighted by Gasteiger charge is 2.20. The van der Waals surface area contributed by atoms with E-state index in [4.69, 9.17) is 0 Å². The molecule has 0 aliphatic rings. The van der Waals surface area contributed by atoms with E-state index >= 15 is 0 Å². The third-order valence-electron chi connectivity index (χ3n) is 9.59. The molecule has 0 unspecified atom stereocenters. The van der Waals surface area contributed by atoms with Gasteiger partial charge in [-0.25, -0.2) is 0 Å². The van der Waals surface area contributed by atoms with Gasteiger partial charge in [-0.05, 0) is 89.5 Å². The molecule has 0 atom stereocenters. The van der Waals surface area contributed by atoms with Crippen LogP contribution < -0.4 is 0 Å². The van der Waals surface area contributed by atoms with Crippen LogP contribution >= 0.6 is 0 Å². The lowest BCUT2D eigenvalue weighted by atomic mass is 9.94. The molecule has 0 bridgehead atoms. The van der Waals surface area contributed by atoms with Crippen LogP contribution in [0, 0.1) is 34.0 Å². The largest absolute Gasteiger partial charge is 0.309 e. The summed E-state index contributed by atoms with van der Waals surface area (Å²) >= 11 is 0. The topological polar surface area (TPSA) is 81.2 Å². The summed E-state index contributed by atoms with van der Waals surface area (Å²) in [6, 6.07) is 57.7. The van der Waals surface area contributed by atoms with Crippen LogP contribution in [0.25, 0.3) is 77.2 Å². The molecule has 0 saturated heterocycles. The zero-order valence-electron chi connectivity index (χ0n) is 26.7. The lowest BCUT2D eigenvalue weighted by Gasteiger charge is -2.17. The minimum atomic E-state index is 0.508. The maximum absolute atomic E-state index is 10.4. The Balaban J connectivity index is 1.22. The average molecular weight is 636 g/mol. The number of benzene rings is 7. The Kier molecular flexibility index (Phi) is 6.56. The first-order valence-corrected chi connectivity index (χ1v) is 16.3. The lowest BCUT2D eigenvalue weighted by molar-refractivity contribution is 1.17. The normalized spacial score (nSPS) is 11.1. The zero-order valence-corrected chi connectivity index (χ0v) is 26.7. The minimum absolute atomic E-state index is 0.508. The van der Waals surface area contributed by atoms with Crippen molar-refractivity contribution in [3.05, 3.63) is 168 Å². The highest BCUT2D eigenvalue weighted by molar-refractivity contribution is 6.11. The molecule has 7 aromatic carbocycles. The first-order valence-electron chi connectivity index (χ1n) is 16.3. The van der Waals surface area contributed by atoms with E-state index in [1.54, 1.807) is 0 Å². The number of rotatable bonds is 4. The van der Waals surface area contributed by atoms with Crippen LogP contribution in [-0.2, 0) is 0 Å². The summed E-state index contributed by atoms with van der Waals surface area (Å²) in [5.41, 5.74) is 11.1. The Morgan fingerprint density at radius 3 is 1.60 bits per heavy atom. The summed E-state index contributed by atoms with van der Waals surface area (Å²) in [6.45, 7) is 0. The molecule has 0 fully saturated rings. The minimum Gasteiger partial charge on any atom is -0.309 e. The van der Waals surface area contributed by atoms with Crippen molar-refractivity contribution in [2.24, 2.45) is 0 Å². The van der Waals surface area contributed by atoms with Crippen molar-refractivity contribution in [1.82, 2.24) is 9.13 Å². The zero-order chi connectivity index (χ0) is 33.8. The Morgan fingerprint density at radius 1 is 0.380 bits per heavy atom. The fourth-order valence-electron chi connectivity index (χ4n) is 7.41. The van der Waals surface area contributed by atoms with Gasteiger partial charge in [0.05, 0.1) is 56.6 Å². The number of hydrogen-bond acceptors (Lipinski definition) is 3. The highest BCUT2D eigenvalue weighted by Crippen LogP contribution is 2.40. The fraction of sp³-hybridized carbons (Fsp3) is 0. The Hall–Kier alpha value is -7.39. The molecule has 9 aromatic rings. The van der Waals surface area contributed by atoms with Crippen molar-refractivity contribution in [2.75, 3.05) is 0 Å². The van der Waals surface area contributed by atoms with Crippen molar-refractivity contribution in [2.45, 2.75) is 0 Å². The Bertz CT molecular complexity index is 2900. The smallest absolute Gasteiger partial charge is 0.101 e. The van der Waals surface area contributed by atoms with E-state index in [1.807, 2.05) is 72.8 Å². The van der Waals surface area contributed by atoms with Gasteiger partial charge >= 0.3 is 0 Å². The van der Waals surface area contributed by atoms with Gasteiger partial charge in [-0.15, -0.1) is 0 Å². The number of hydrogen-bond donors (Lipinski definition) is 0. The van der Waals surface area contributed by atoms with Gasteiger partial charge < -0.3 is 9.13 Å². The fourth-order valence-corrected chi connectivity index (χ4v) is 7.41. The molecule has 9 rings (SSSR count). The second-order valence-corrected chi connectivity index (χ2v) is 12.3. The van der Waals surface area contributed by atoms with Crippen molar-refractivity contribution >= 4 is 43.6 Å². The molecule has 5 nitrogen and oxygen atoms in total. The number of aromatic nitrogens is 2. The highest BCUT2D eigenvalue weighted by atomic mass is 15.0. The molecule has 0 radical (unpaired) electrons. The number of fused-ring (bicyclic) bond motifs is 6. The number of nitriles is 3. The SMILES string of the molecule is N#Cc1cc(-c2ccc(-n3c4ccccc4c4ccccc43)cc2)cc(-c2cccc(C#N)c2-n2c3ccccc3c3cc(C#N)ccc32)c1. The first kappa shape index (κ1) is 28.8. The molecule has 0 saturated carbocycles. The predicted octanol–water partition coefficient (Wildman–Crippen LogP) is 10.8. The Labute approximate surface area is 287 Å². The molecule has 2 heterocycles. The van der Waals surface area contributed by atoms with E-state index in [-0.39, 0.29) is 0 Å². The van der Waals surface area contributed by atoms with Crippen molar-refractivity contribution in [3.63, 3.8) is 0 Å². The number of para-hydroxylation sites is 4. The maximum Gasteiger partial charge on any atom is 0.101 e. The molecule has 2 aromatic heterocycles. The van der Waals surface area contributed by atoms with Gasteiger partial charge in [-0.2, -0.15) is 15.8 Å². The average Bonchev–Trinajstić information content (AvgIpc) is 3.70. The number of nitrogens with zero attached hydrogens (tertiary/aromatic N) is 5. The van der Waals surface area contributed by atoms with Crippen molar-refractivity contribution < 1.29 is 0 Å². The summed E-state index contributed by atoms with van der Waals surface area (Å²) < 4.78 is 4.40. The lowest BCUT2D eigenvalue weighted by Crippen LogP contribution is -2.01. The van der Waals surface area contributed by atoms with Gasteiger partial charge in [0.1, 0.15) is 6.07 Å². The van der Waals surface area contributed by atoms with Crippen molar-refractivity contribution in [1.29, 1.82) is 15.8 Å². The van der Waals surface area contributed by atoms with Gasteiger partial charge in [0.25, 0.3) is 0 Å². The van der Waals surface area contributed by atoms with Crippen molar-refractivity contribution in [3.8, 4) is 51.8 Å².